The number of nitrogens with one attached hydrogen (secondary N) is 1. The summed E-state index contributed by atoms with van der Waals surface area (Å²) in [6, 6.07) is 3.33. The van der Waals surface area contributed by atoms with Crippen LogP contribution in [0.5, 0.6) is 0 Å². The van der Waals surface area contributed by atoms with Crippen LogP contribution in [0.1, 0.15) is 42.6 Å². The molecule has 1 aliphatic carbocycles. The molecular formula is C15H19BrN2O3S. The Morgan fingerprint density at radius 1 is 1.32 bits per heavy atom. The minimum atomic E-state index is -3.68. The lowest BCUT2D eigenvalue weighted by molar-refractivity contribution is 0.0521. The summed E-state index contributed by atoms with van der Waals surface area (Å²) in [5.41, 5.74) is 0.830. The average Bonchev–Trinajstić information content (AvgIpc) is 3.24. The van der Waals surface area contributed by atoms with Gasteiger partial charge in [-0.1, -0.05) is 15.9 Å². The van der Waals surface area contributed by atoms with Crippen LogP contribution in [-0.4, -0.2) is 31.8 Å². The summed E-state index contributed by atoms with van der Waals surface area (Å²) < 4.78 is 27.5. The quantitative estimate of drug-likeness (QED) is 0.864. The topological polar surface area (TPSA) is 66.5 Å². The van der Waals surface area contributed by atoms with Crippen LogP contribution in [0.4, 0.5) is 0 Å². The fourth-order valence-corrected chi connectivity index (χ4v) is 4.82. The Balaban J connectivity index is 2.12. The number of rotatable bonds is 4. The van der Waals surface area contributed by atoms with Gasteiger partial charge in [0.1, 0.15) is 0 Å². The highest BCUT2D eigenvalue weighted by Gasteiger charge is 2.48. The fraction of sp³-hybridized carbons (Fsp3) is 0.533. The SMILES string of the molecule is CNS(=O)(=O)c1cc(Br)cc2c1C(=O)N(C(C)(C)C1CC1)C2. The van der Waals surface area contributed by atoms with E-state index in [1.54, 1.807) is 0 Å². The molecule has 2 aliphatic rings. The molecule has 1 aromatic rings. The first-order valence-electron chi connectivity index (χ1n) is 7.26. The molecule has 0 bridgehead atoms. The number of carbonyl (C=O) groups is 1. The lowest BCUT2D eigenvalue weighted by Gasteiger charge is -2.36. The Morgan fingerprint density at radius 2 is 1.95 bits per heavy atom. The van der Waals surface area contributed by atoms with Crippen molar-refractivity contribution in [2.24, 2.45) is 5.92 Å². The summed E-state index contributed by atoms with van der Waals surface area (Å²) in [6.07, 6.45) is 2.25. The van der Waals surface area contributed by atoms with Gasteiger partial charge in [-0.25, -0.2) is 13.1 Å². The Hall–Kier alpha value is -0.920. The zero-order chi connectivity index (χ0) is 16.3. The third kappa shape index (κ3) is 2.39. The first kappa shape index (κ1) is 16.0. The average molecular weight is 387 g/mol. The van der Waals surface area contributed by atoms with Gasteiger partial charge in [0.05, 0.1) is 10.5 Å². The molecule has 1 fully saturated rings. The number of amides is 1. The maximum absolute atomic E-state index is 12.9. The molecule has 1 aromatic carbocycles. The van der Waals surface area contributed by atoms with Crippen LogP contribution in [0.25, 0.3) is 0 Å². The molecule has 0 spiro atoms. The molecule has 1 heterocycles. The molecule has 7 heteroatoms. The van der Waals surface area contributed by atoms with Crippen molar-refractivity contribution < 1.29 is 13.2 Å². The van der Waals surface area contributed by atoms with Crippen molar-refractivity contribution in [1.82, 2.24) is 9.62 Å². The minimum Gasteiger partial charge on any atom is -0.329 e. The molecule has 1 aliphatic heterocycles. The third-order valence-corrected chi connectivity index (χ3v) is 6.66. The smallest absolute Gasteiger partial charge is 0.256 e. The molecule has 1 N–H and O–H groups in total. The van der Waals surface area contributed by atoms with Crippen molar-refractivity contribution in [3.63, 3.8) is 0 Å². The predicted molar refractivity (Wildman–Crippen MR) is 87.1 cm³/mol. The van der Waals surface area contributed by atoms with E-state index in [1.165, 1.54) is 13.1 Å². The first-order valence-corrected chi connectivity index (χ1v) is 9.54. The van der Waals surface area contributed by atoms with Crippen molar-refractivity contribution >= 4 is 31.9 Å². The van der Waals surface area contributed by atoms with Crippen LogP contribution in [0.15, 0.2) is 21.5 Å². The summed E-state index contributed by atoms with van der Waals surface area (Å²) in [5.74, 6) is 0.312. The van der Waals surface area contributed by atoms with E-state index in [1.807, 2.05) is 11.0 Å². The number of halogens is 1. The summed E-state index contributed by atoms with van der Waals surface area (Å²) in [6.45, 7) is 4.59. The molecule has 0 saturated heterocycles. The molecule has 1 saturated carbocycles. The standard InChI is InChI=1S/C15H19BrN2O3S/c1-15(2,10-4-5-10)18-8-9-6-11(16)7-12(13(9)14(18)19)22(20,21)17-3/h6-7,10,17H,4-5,8H2,1-3H3. The second-order valence-corrected chi connectivity index (χ2v) is 9.24. The number of benzene rings is 1. The second-order valence-electron chi connectivity index (χ2n) is 6.46. The lowest BCUT2D eigenvalue weighted by atomic mass is 9.96. The molecule has 120 valence electrons. The van der Waals surface area contributed by atoms with Gasteiger partial charge < -0.3 is 4.90 Å². The van der Waals surface area contributed by atoms with E-state index in [2.05, 4.69) is 34.5 Å². The Morgan fingerprint density at radius 3 is 2.50 bits per heavy atom. The lowest BCUT2D eigenvalue weighted by Crippen LogP contribution is -2.45. The summed E-state index contributed by atoms with van der Waals surface area (Å²) in [7, 11) is -2.32. The zero-order valence-electron chi connectivity index (χ0n) is 12.8. The van der Waals surface area contributed by atoms with Crippen LogP contribution >= 0.6 is 15.9 Å². The normalized spacial score (nSPS) is 18.7. The van der Waals surface area contributed by atoms with Gasteiger partial charge in [0, 0.05) is 16.6 Å². The van der Waals surface area contributed by atoms with E-state index in [9.17, 15) is 13.2 Å². The van der Waals surface area contributed by atoms with Gasteiger partial charge in [-0.2, -0.15) is 0 Å². The van der Waals surface area contributed by atoms with Crippen molar-refractivity contribution in [3.05, 3.63) is 27.7 Å². The van der Waals surface area contributed by atoms with Gasteiger partial charge in [-0.05, 0) is 57.4 Å². The molecular weight excluding hydrogens is 368 g/mol. The fourth-order valence-electron chi connectivity index (χ4n) is 3.18. The summed E-state index contributed by atoms with van der Waals surface area (Å²) in [4.78, 5) is 14.8. The van der Waals surface area contributed by atoms with Gasteiger partial charge in [0.25, 0.3) is 5.91 Å². The Bertz CT molecular complexity index is 754. The highest BCUT2D eigenvalue weighted by atomic mass is 79.9. The molecule has 22 heavy (non-hydrogen) atoms. The second kappa shape index (κ2) is 5.04. The number of hydrogen-bond acceptors (Lipinski definition) is 3. The zero-order valence-corrected chi connectivity index (χ0v) is 15.2. The molecule has 3 rings (SSSR count). The number of nitrogens with zero attached hydrogens (tertiary/aromatic N) is 1. The van der Waals surface area contributed by atoms with Crippen molar-refractivity contribution in [3.8, 4) is 0 Å². The highest BCUT2D eigenvalue weighted by Crippen LogP contribution is 2.46. The van der Waals surface area contributed by atoms with Crippen molar-refractivity contribution in [2.75, 3.05) is 7.05 Å². The predicted octanol–water partition coefficient (Wildman–Crippen LogP) is 2.50. The number of carbonyl (C=O) groups excluding carboxylic acids is 1. The number of fused-ring (bicyclic) bond motifs is 1. The molecule has 0 unspecified atom stereocenters. The van der Waals surface area contributed by atoms with Gasteiger partial charge in [-0.15, -0.1) is 0 Å². The van der Waals surface area contributed by atoms with E-state index >= 15 is 0 Å². The van der Waals surface area contributed by atoms with E-state index in [0.29, 0.717) is 22.5 Å². The van der Waals surface area contributed by atoms with E-state index in [4.69, 9.17) is 0 Å². The van der Waals surface area contributed by atoms with Crippen molar-refractivity contribution in [2.45, 2.75) is 43.7 Å². The first-order chi connectivity index (χ1) is 10.2. The van der Waals surface area contributed by atoms with Gasteiger partial charge >= 0.3 is 0 Å². The van der Waals surface area contributed by atoms with E-state index in [-0.39, 0.29) is 16.3 Å². The maximum Gasteiger partial charge on any atom is 0.256 e. The third-order valence-electron chi connectivity index (χ3n) is 4.77. The Kier molecular flexibility index (Phi) is 3.66. The molecule has 0 radical (unpaired) electrons. The summed E-state index contributed by atoms with van der Waals surface area (Å²) in [5, 5.41) is 0. The van der Waals surface area contributed by atoms with Crippen LogP contribution in [0.2, 0.25) is 0 Å². The van der Waals surface area contributed by atoms with E-state index in [0.717, 1.165) is 18.4 Å². The molecule has 0 atom stereocenters. The van der Waals surface area contributed by atoms with Crippen molar-refractivity contribution in [1.29, 1.82) is 0 Å². The van der Waals surface area contributed by atoms with Crippen LogP contribution in [-0.2, 0) is 16.6 Å². The minimum absolute atomic E-state index is 0.0541. The van der Waals surface area contributed by atoms with Gasteiger partial charge in [-0.3, -0.25) is 4.79 Å². The summed E-state index contributed by atoms with van der Waals surface area (Å²) >= 11 is 3.35. The van der Waals surface area contributed by atoms with Crippen LogP contribution in [0.3, 0.4) is 0 Å². The van der Waals surface area contributed by atoms with Crippen LogP contribution in [0, 0.1) is 5.92 Å². The van der Waals surface area contributed by atoms with Gasteiger partial charge in [0.15, 0.2) is 0 Å². The Labute approximate surface area is 139 Å². The van der Waals surface area contributed by atoms with E-state index < -0.39 is 10.0 Å². The van der Waals surface area contributed by atoms with Gasteiger partial charge in [0.2, 0.25) is 10.0 Å². The maximum atomic E-state index is 12.9. The highest BCUT2D eigenvalue weighted by molar-refractivity contribution is 9.10. The monoisotopic (exact) mass is 386 g/mol. The molecule has 1 amide bonds. The number of sulfonamides is 1. The largest absolute Gasteiger partial charge is 0.329 e. The van der Waals surface area contributed by atoms with Crippen LogP contribution < -0.4 is 4.72 Å². The molecule has 0 aromatic heterocycles. The number of hydrogen-bond donors (Lipinski definition) is 1. The molecule has 5 nitrogen and oxygen atoms in total.